The summed E-state index contributed by atoms with van der Waals surface area (Å²) in [6, 6.07) is 0. The van der Waals surface area contributed by atoms with Gasteiger partial charge in [0.1, 0.15) is 0 Å². The number of fused-ring (bicyclic) bond motifs is 1. The van der Waals surface area contributed by atoms with Gasteiger partial charge in [-0.05, 0) is 0 Å². The second-order valence-corrected chi connectivity index (χ2v) is 4.31. The van der Waals surface area contributed by atoms with E-state index in [4.69, 9.17) is 0 Å². The number of hydrogen-bond donors (Lipinski definition) is 0. The van der Waals surface area contributed by atoms with Crippen molar-refractivity contribution in [2.75, 3.05) is 11.5 Å². The van der Waals surface area contributed by atoms with E-state index < -0.39 is 0 Å². The second kappa shape index (κ2) is 1.10. The Labute approximate surface area is 46.1 Å². The van der Waals surface area contributed by atoms with Gasteiger partial charge in [0.2, 0.25) is 0 Å². The van der Waals surface area contributed by atoms with Gasteiger partial charge in [-0.3, -0.25) is 0 Å². The first kappa shape index (κ1) is 3.67. The van der Waals surface area contributed by atoms with Gasteiger partial charge in [0.25, 0.3) is 0 Å². The van der Waals surface area contributed by atoms with Crippen molar-refractivity contribution >= 4 is 23.5 Å². The molecule has 0 N–H and O–H groups in total. The minimum Gasteiger partial charge on any atom is -0.160 e. The zero-order valence-electron chi connectivity index (χ0n) is 3.39. The smallest absolute Gasteiger partial charge is 0.0268 e. The molecule has 2 rings (SSSR count). The van der Waals surface area contributed by atoms with E-state index in [9.17, 15) is 0 Å². The van der Waals surface area contributed by atoms with Gasteiger partial charge in [0, 0.05) is 22.0 Å². The number of hydrogen-bond acceptors (Lipinski definition) is 2. The molecule has 2 atom stereocenters. The molecule has 0 spiro atoms. The zero-order valence-corrected chi connectivity index (χ0v) is 5.02. The molecule has 0 aliphatic carbocycles. The summed E-state index contributed by atoms with van der Waals surface area (Å²) in [6.45, 7) is 0. The third kappa shape index (κ3) is 0.399. The Bertz CT molecular complexity index is 63.9. The molecular formula is C4H6S2. The molecule has 0 nitrogen and oxygen atoms in total. The van der Waals surface area contributed by atoms with E-state index in [0.29, 0.717) is 0 Å². The van der Waals surface area contributed by atoms with Crippen molar-refractivity contribution in [3.63, 3.8) is 0 Å². The lowest BCUT2D eigenvalue weighted by atomic mass is 10.4. The van der Waals surface area contributed by atoms with Crippen molar-refractivity contribution < 1.29 is 0 Å². The Morgan fingerprint density at radius 3 is 2.00 bits per heavy atom. The molecule has 2 unspecified atom stereocenters. The van der Waals surface area contributed by atoms with Crippen molar-refractivity contribution in [1.82, 2.24) is 0 Å². The van der Waals surface area contributed by atoms with E-state index in [2.05, 4.69) is 23.5 Å². The Morgan fingerprint density at radius 2 is 1.83 bits per heavy atom. The molecule has 2 heterocycles. The maximum absolute atomic E-state index is 2.16. The fourth-order valence-corrected chi connectivity index (χ4v) is 3.84. The maximum atomic E-state index is 2.16. The molecule has 0 aromatic heterocycles. The van der Waals surface area contributed by atoms with E-state index in [1.165, 1.54) is 11.5 Å². The van der Waals surface area contributed by atoms with Gasteiger partial charge in [0.15, 0.2) is 0 Å². The summed E-state index contributed by atoms with van der Waals surface area (Å²) in [5.74, 6) is 2.88. The van der Waals surface area contributed by atoms with Crippen LogP contribution in [0.5, 0.6) is 0 Å². The van der Waals surface area contributed by atoms with E-state index in [0.717, 1.165) is 10.5 Å². The Hall–Kier alpha value is 0.700. The third-order valence-electron chi connectivity index (χ3n) is 1.25. The molecule has 0 radical (unpaired) electrons. The summed E-state index contributed by atoms with van der Waals surface area (Å²) >= 11 is 4.27. The summed E-state index contributed by atoms with van der Waals surface area (Å²) < 4.78 is 0. The molecule has 0 aromatic carbocycles. The highest BCUT2D eigenvalue weighted by Crippen LogP contribution is 2.50. The van der Waals surface area contributed by atoms with Gasteiger partial charge in [-0.1, -0.05) is 0 Å². The second-order valence-electron chi connectivity index (χ2n) is 1.75. The summed E-state index contributed by atoms with van der Waals surface area (Å²) in [6.07, 6.45) is 0. The van der Waals surface area contributed by atoms with Crippen LogP contribution in [-0.4, -0.2) is 22.0 Å². The van der Waals surface area contributed by atoms with Crippen molar-refractivity contribution in [3.8, 4) is 0 Å². The average molecular weight is 118 g/mol. The van der Waals surface area contributed by atoms with Crippen molar-refractivity contribution in [2.24, 2.45) is 0 Å². The van der Waals surface area contributed by atoms with Crippen molar-refractivity contribution in [1.29, 1.82) is 0 Å². The minimum atomic E-state index is 1.09. The highest BCUT2D eigenvalue weighted by molar-refractivity contribution is 8.12. The molecule has 0 aromatic rings. The quantitative estimate of drug-likeness (QED) is 0.439. The highest BCUT2D eigenvalue weighted by atomic mass is 32.2. The standard InChI is InChI=1S/C4H6S2/c1-3-4(6-3)2-5-1/h3-4H,1-2H2. The first-order valence-electron chi connectivity index (χ1n) is 2.20. The first-order chi connectivity index (χ1) is 2.97. The topological polar surface area (TPSA) is 0 Å². The van der Waals surface area contributed by atoms with Gasteiger partial charge in [-0.15, -0.1) is 0 Å². The van der Waals surface area contributed by atoms with Crippen molar-refractivity contribution in [2.45, 2.75) is 10.5 Å². The fraction of sp³-hybridized carbons (Fsp3) is 1.00. The van der Waals surface area contributed by atoms with Gasteiger partial charge in [-0.25, -0.2) is 0 Å². The lowest BCUT2D eigenvalue weighted by Crippen LogP contribution is -1.82. The Kier molecular flexibility index (Phi) is 0.673. The van der Waals surface area contributed by atoms with Crippen LogP contribution in [0.4, 0.5) is 0 Å². The van der Waals surface area contributed by atoms with Crippen LogP contribution in [0.25, 0.3) is 0 Å². The normalized spacial score (nSPS) is 52.0. The van der Waals surface area contributed by atoms with Crippen LogP contribution < -0.4 is 0 Å². The molecule has 2 fully saturated rings. The summed E-state index contributed by atoms with van der Waals surface area (Å²) in [5.41, 5.74) is 0. The summed E-state index contributed by atoms with van der Waals surface area (Å²) in [7, 11) is 0. The molecule has 2 heteroatoms. The SMILES string of the molecule is C1SCC2SC12. The molecule has 0 amide bonds. The van der Waals surface area contributed by atoms with Gasteiger partial charge >= 0.3 is 0 Å². The van der Waals surface area contributed by atoms with Crippen LogP contribution in [0.3, 0.4) is 0 Å². The van der Waals surface area contributed by atoms with Crippen LogP contribution in [0.15, 0.2) is 0 Å². The lowest BCUT2D eigenvalue weighted by molar-refractivity contribution is 1.12. The predicted octanol–water partition coefficient (Wildman–Crippen LogP) is 1.22. The van der Waals surface area contributed by atoms with Gasteiger partial charge < -0.3 is 0 Å². The lowest BCUT2D eigenvalue weighted by Gasteiger charge is -1.81. The zero-order chi connectivity index (χ0) is 3.98. The largest absolute Gasteiger partial charge is 0.160 e. The molecule has 34 valence electrons. The van der Waals surface area contributed by atoms with Crippen LogP contribution in [0.2, 0.25) is 0 Å². The maximum Gasteiger partial charge on any atom is 0.0268 e. The summed E-state index contributed by atoms with van der Waals surface area (Å²) in [4.78, 5) is 0. The van der Waals surface area contributed by atoms with Crippen LogP contribution in [0.1, 0.15) is 0 Å². The first-order valence-corrected chi connectivity index (χ1v) is 4.30. The van der Waals surface area contributed by atoms with Crippen LogP contribution in [-0.2, 0) is 0 Å². The third-order valence-corrected chi connectivity index (χ3v) is 4.24. The molecule has 0 bridgehead atoms. The molecule has 6 heavy (non-hydrogen) atoms. The predicted molar refractivity (Wildman–Crippen MR) is 32.5 cm³/mol. The van der Waals surface area contributed by atoms with E-state index >= 15 is 0 Å². The monoisotopic (exact) mass is 118 g/mol. The minimum absolute atomic E-state index is 1.09. The molecular weight excluding hydrogens is 112 g/mol. The van der Waals surface area contributed by atoms with Gasteiger partial charge in [-0.2, -0.15) is 23.5 Å². The molecule has 2 aliphatic rings. The van der Waals surface area contributed by atoms with Gasteiger partial charge in [0.05, 0.1) is 0 Å². The number of rotatable bonds is 0. The van der Waals surface area contributed by atoms with E-state index in [1.54, 1.807) is 0 Å². The van der Waals surface area contributed by atoms with Crippen LogP contribution >= 0.6 is 23.5 Å². The average Bonchev–Trinajstić information content (AvgIpc) is 2.17. The van der Waals surface area contributed by atoms with Crippen LogP contribution in [0, 0.1) is 0 Å². The molecule has 2 aliphatic heterocycles. The highest BCUT2D eigenvalue weighted by Gasteiger charge is 2.42. The molecule has 0 saturated carbocycles. The Balaban J connectivity index is 2.09. The van der Waals surface area contributed by atoms with E-state index in [1.807, 2.05) is 0 Å². The summed E-state index contributed by atoms with van der Waals surface area (Å²) in [5, 5.41) is 2.19. The van der Waals surface area contributed by atoms with E-state index in [-0.39, 0.29) is 0 Å². The molecule has 2 saturated heterocycles. The van der Waals surface area contributed by atoms with Crippen molar-refractivity contribution in [3.05, 3.63) is 0 Å². The Morgan fingerprint density at radius 1 is 1.17 bits per heavy atom. The fourth-order valence-electron chi connectivity index (χ4n) is 0.773. The number of thioether (sulfide) groups is 2.